The van der Waals surface area contributed by atoms with Gasteiger partial charge < -0.3 is 20.1 Å². The molecule has 2 aliphatic heterocycles. The van der Waals surface area contributed by atoms with E-state index in [1.807, 2.05) is 10.9 Å². The van der Waals surface area contributed by atoms with Crippen molar-refractivity contribution in [3.63, 3.8) is 0 Å². The zero-order chi connectivity index (χ0) is 17.9. The summed E-state index contributed by atoms with van der Waals surface area (Å²) in [6.45, 7) is 2.98. The van der Waals surface area contributed by atoms with E-state index in [9.17, 15) is 4.79 Å². The van der Waals surface area contributed by atoms with E-state index in [0.717, 1.165) is 25.9 Å². The third kappa shape index (κ3) is 3.48. The lowest BCUT2D eigenvalue weighted by Gasteiger charge is -2.31. The molecule has 2 aromatic heterocycles. The first-order valence-corrected chi connectivity index (χ1v) is 8.93. The van der Waals surface area contributed by atoms with Crippen LogP contribution in [0.15, 0.2) is 12.3 Å². The predicted molar refractivity (Wildman–Crippen MR) is 90.3 cm³/mol. The second-order valence-electron chi connectivity index (χ2n) is 6.59. The van der Waals surface area contributed by atoms with Gasteiger partial charge >= 0.3 is 0 Å². The standard InChI is InChI=1S/C16H23N7O3/c24-10-14-18-15(20-19-14)13-9-22(6-7-26-13)16(25)12-3-5-23(21-12)11-2-1-4-17-8-11/h3,5,11,13,17,24H,1-2,4,6-10H2,(H,18,19,20)/t11-,13+/m0/s1. The van der Waals surface area contributed by atoms with E-state index in [-0.39, 0.29) is 12.5 Å². The SMILES string of the molecule is O=C(c1ccn([C@H]2CCCNC2)n1)N1CCO[C@@H](c2n[nH]c(CO)n2)C1. The summed E-state index contributed by atoms with van der Waals surface area (Å²) in [7, 11) is 0. The van der Waals surface area contributed by atoms with Crippen LogP contribution >= 0.6 is 0 Å². The molecular formula is C16H23N7O3. The maximum absolute atomic E-state index is 12.8. The van der Waals surface area contributed by atoms with E-state index in [1.54, 1.807) is 11.0 Å². The number of amides is 1. The summed E-state index contributed by atoms with van der Waals surface area (Å²) in [4.78, 5) is 18.7. The topological polar surface area (TPSA) is 121 Å². The highest BCUT2D eigenvalue weighted by atomic mass is 16.5. The molecule has 3 N–H and O–H groups in total. The van der Waals surface area contributed by atoms with Gasteiger partial charge in [-0.15, -0.1) is 0 Å². The Balaban J connectivity index is 1.43. The molecule has 4 rings (SSSR count). The Kier molecular flexibility index (Phi) is 4.96. The monoisotopic (exact) mass is 361 g/mol. The first-order chi connectivity index (χ1) is 12.7. The zero-order valence-corrected chi connectivity index (χ0v) is 14.5. The van der Waals surface area contributed by atoms with E-state index in [2.05, 4.69) is 25.6 Å². The van der Waals surface area contributed by atoms with E-state index in [0.29, 0.717) is 43.1 Å². The van der Waals surface area contributed by atoms with Crippen LogP contribution in [0.4, 0.5) is 0 Å². The third-order valence-corrected chi connectivity index (χ3v) is 4.81. The van der Waals surface area contributed by atoms with Gasteiger partial charge in [0.2, 0.25) is 0 Å². The fourth-order valence-electron chi connectivity index (χ4n) is 3.39. The van der Waals surface area contributed by atoms with Gasteiger partial charge in [-0.3, -0.25) is 14.6 Å². The number of hydrogen-bond acceptors (Lipinski definition) is 7. The smallest absolute Gasteiger partial charge is 0.274 e. The first kappa shape index (κ1) is 17.1. The van der Waals surface area contributed by atoms with Crippen LogP contribution in [0.3, 0.4) is 0 Å². The fraction of sp³-hybridized carbons (Fsp3) is 0.625. The summed E-state index contributed by atoms with van der Waals surface area (Å²) in [6.07, 6.45) is 3.66. The summed E-state index contributed by atoms with van der Waals surface area (Å²) in [6, 6.07) is 2.07. The number of aromatic nitrogens is 5. The van der Waals surface area contributed by atoms with Crippen LogP contribution in [0, 0.1) is 0 Å². The normalized spacial score (nSPS) is 24.0. The van der Waals surface area contributed by atoms with Gasteiger partial charge in [-0.2, -0.15) is 10.2 Å². The molecular weight excluding hydrogens is 338 g/mol. The molecule has 10 heteroatoms. The summed E-state index contributed by atoms with van der Waals surface area (Å²) in [5, 5.41) is 23.7. The largest absolute Gasteiger partial charge is 0.388 e. The minimum Gasteiger partial charge on any atom is -0.388 e. The molecule has 10 nitrogen and oxygen atoms in total. The maximum Gasteiger partial charge on any atom is 0.274 e. The van der Waals surface area contributed by atoms with Crippen molar-refractivity contribution in [1.29, 1.82) is 0 Å². The number of nitrogens with one attached hydrogen (secondary N) is 2. The van der Waals surface area contributed by atoms with Crippen LogP contribution in [0.2, 0.25) is 0 Å². The predicted octanol–water partition coefficient (Wildman–Crippen LogP) is -0.368. The van der Waals surface area contributed by atoms with Gasteiger partial charge in [0.15, 0.2) is 5.82 Å². The molecule has 26 heavy (non-hydrogen) atoms. The molecule has 0 spiro atoms. The quantitative estimate of drug-likeness (QED) is 0.679. The highest BCUT2D eigenvalue weighted by Gasteiger charge is 2.30. The molecule has 140 valence electrons. The number of carbonyl (C=O) groups excluding carboxylic acids is 1. The highest BCUT2D eigenvalue weighted by molar-refractivity contribution is 5.92. The number of aliphatic hydroxyl groups excluding tert-OH is 1. The molecule has 0 unspecified atom stereocenters. The number of aromatic amines is 1. The zero-order valence-electron chi connectivity index (χ0n) is 14.5. The van der Waals surface area contributed by atoms with Gasteiger partial charge in [0, 0.05) is 19.3 Å². The molecule has 0 aliphatic carbocycles. The molecule has 2 atom stereocenters. The van der Waals surface area contributed by atoms with Crippen LogP contribution in [0.5, 0.6) is 0 Å². The molecule has 2 aliphatic rings. The van der Waals surface area contributed by atoms with Crippen LogP contribution in [0.25, 0.3) is 0 Å². The molecule has 1 amide bonds. The van der Waals surface area contributed by atoms with Crippen molar-refractivity contribution < 1.29 is 14.6 Å². The fourth-order valence-corrected chi connectivity index (χ4v) is 3.39. The lowest BCUT2D eigenvalue weighted by atomic mass is 10.1. The highest BCUT2D eigenvalue weighted by Crippen LogP contribution is 2.21. The molecule has 2 fully saturated rings. The number of hydrogen-bond donors (Lipinski definition) is 3. The average molecular weight is 361 g/mol. The number of aliphatic hydroxyl groups is 1. The molecule has 0 saturated carbocycles. The van der Waals surface area contributed by atoms with Crippen LogP contribution in [0.1, 0.15) is 47.1 Å². The Bertz CT molecular complexity index is 753. The lowest BCUT2D eigenvalue weighted by molar-refractivity contribution is -0.0269. The van der Waals surface area contributed by atoms with Crippen molar-refractivity contribution in [2.45, 2.75) is 31.6 Å². The number of ether oxygens (including phenoxy) is 1. The second kappa shape index (κ2) is 7.52. The molecule has 4 heterocycles. The second-order valence-corrected chi connectivity index (χ2v) is 6.59. The van der Waals surface area contributed by atoms with Crippen LogP contribution in [-0.2, 0) is 11.3 Å². The third-order valence-electron chi connectivity index (χ3n) is 4.81. The minimum absolute atomic E-state index is 0.112. The maximum atomic E-state index is 12.8. The summed E-state index contributed by atoms with van der Waals surface area (Å²) >= 11 is 0. The Hall–Kier alpha value is -2.30. The molecule has 2 saturated heterocycles. The van der Waals surface area contributed by atoms with Crippen LogP contribution in [-0.4, -0.2) is 73.7 Å². The van der Waals surface area contributed by atoms with Crippen molar-refractivity contribution in [1.82, 2.24) is 35.2 Å². The van der Waals surface area contributed by atoms with E-state index in [4.69, 9.17) is 9.84 Å². The number of carbonyl (C=O) groups is 1. The van der Waals surface area contributed by atoms with Crippen molar-refractivity contribution in [3.8, 4) is 0 Å². The Morgan fingerprint density at radius 2 is 2.38 bits per heavy atom. The Labute approximate surface area is 150 Å². The van der Waals surface area contributed by atoms with Gasteiger partial charge in [-0.25, -0.2) is 4.98 Å². The summed E-state index contributed by atoms with van der Waals surface area (Å²) in [5.41, 5.74) is 0.447. The van der Waals surface area contributed by atoms with Gasteiger partial charge in [0.25, 0.3) is 5.91 Å². The van der Waals surface area contributed by atoms with Gasteiger partial charge in [0.05, 0.1) is 19.2 Å². The van der Waals surface area contributed by atoms with E-state index >= 15 is 0 Å². The molecule has 0 aromatic carbocycles. The average Bonchev–Trinajstić information content (AvgIpc) is 3.38. The van der Waals surface area contributed by atoms with Gasteiger partial charge in [-0.1, -0.05) is 0 Å². The first-order valence-electron chi connectivity index (χ1n) is 8.93. The summed E-state index contributed by atoms with van der Waals surface area (Å²) in [5.74, 6) is 0.718. The van der Waals surface area contributed by atoms with Gasteiger partial charge in [-0.05, 0) is 25.5 Å². The number of H-pyrrole nitrogens is 1. The molecule has 0 bridgehead atoms. The van der Waals surface area contributed by atoms with Crippen molar-refractivity contribution >= 4 is 5.91 Å². The van der Waals surface area contributed by atoms with Crippen LogP contribution < -0.4 is 5.32 Å². The Morgan fingerprint density at radius 1 is 1.46 bits per heavy atom. The van der Waals surface area contributed by atoms with E-state index < -0.39 is 6.10 Å². The van der Waals surface area contributed by atoms with E-state index in [1.165, 1.54) is 0 Å². The van der Waals surface area contributed by atoms with Crippen molar-refractivity contribution in [3.05, 3.63) is 29.6 Å². The number of nitrogens with zero attached hydrogens (tertiary/aromatic N) is 5. The molecule has 0 radical (unpaired) electrons. The molecule has 2 aromatic rings. The summed E-state index contributed by atoms with van der Waals surface area (Å²) < 4.78 is 7.57. The number of rotatable bonds is 4. The minimum atomic E-state index is -0.408. The van der Waals surface area contributed by atoms with Gasteiger partial charge in [0.1, 0.15) is 24.2 Å². The van der Waals surface area contributed by atoms with Crippen molar-refractivity contribution in [2.24, 2.45) is 0 Å². The lowest BCUT2D eigenvalue weighted by Crippen LogP contribution is -2.42. The Morgan fingerprint density at radius 3 is 3.15 bits per heavy atom. The number of piperidine rings is 1. The number of morpholine rings is 1. The van der Waals surface area contributed by atoms with Crippen molar-refractivity contribution in [2.75, 3.05) is 32.8 Å².